The molecule has 2 heteroatoms. The SMILES string of the molecule is C[C@@H]1[C@@H]2CNC[C@]12c1cc2ccccc2s1. The fourth-order valence-corrected chi connectivity index (χ4v) is 4.93. The first-order valence-electron chi connectivity index (χ1n) is 6.02. The second kappa shape index (κ2) is 2.88. The highest BCUT2D eigenvalue weighted by Gasteiger charge is 2.65. The molecule has 1 aromatic heterocycles. The molecule has 2 aromatic rings. The molecule has 0 unspecified atom stereocenters. The summed E-state index contributed by atoms with van der Waals surface area (Å²) in [4.78, 5) is 1.61. The highest BCUT2D eigenvalue weighted by Crippen LogP contribution is 2.63. The summed E-state index contributed by atoms with van der Waals surface area (Å²) in [6.07, 6.45) is 0. The molecule has 1 aliphatic heterocycles. The molecule has 1 nitrogen and oxygen atoms in total. The van der Waals surface area contributed by atoms with E-state index in [2.05, 4.69) is 42.6 Å². The van der Waals surface area contributed by atoms with Crippen LogP contribution in [0.25, 0.3) is 10.1 Å². The van der Waals surface area contributed by atoms with Crippen molar-refractivity contribution in [2.45, 2.75) is 12.3 Å². The van der Waals surface area contributed by atoms with Gasteiger partial charge in [0.05, 0.1) is 0 Å². The van der Waals surface area contributed by atoms with Crippen LogP contribution in [0.3, 0.4) is 0 Å². The van der Waals surface area contributed by atoms with Crippen LogP contribution >= 0.6 is 11.3 Å². The minimum Gasteiger partial charge on any atom is -0.315 e. The van der Waals surface area contributed by atoms with Gasteiger partial charge in [0.25, 0.3) is 0 Å². The van der Waals surface area contributed by atoms with Gasteiger partial charge in [0.1, 0.15) is 0 Å². The van der Waals surface area contributed by atoms with Gasteiger partial charge < -0.3 is 5.32 Å². The lowest BCUT2D eigenvalue weighted by Crippen LogP contribution is -2.21. The monoisotopic (exact) mass is 229 g/mol. The number of thiophene rings is 1. The fourth-order valence-electron chi connectivity index (χ4n) is 3.52. The Morgan fingerprint density at radius 3 is 3.00 bits per heavy atom. The van der Waals surface area contributed by atoms with E-state index in [0.29, 0.717) is 5.41 Å². The molecule has 0 radical (unpaired) electrons. The quantitative estimate of drug-likeness (QED) is 0.792. The minimum atomic E-state index is 0.490. The predicted molar refractivity (Wildman–Crippen MR) is 69.0 cm³/mol. The number of piperidine rings is 1. The molecular formula is C14H15NS. The summed E-state index contributed by atoms with van der Waals surface area (Å²) in [5.74, 6) is 1.77. The molecule has 2 aliphatic rings. The van der Waals surface area contributed by atoms with E-state index in [1.807, 2.05) is 11.3 Å². The molecule has 4 rings (SSSR count). The molecule has 1 aromatic carbocycles. The van der Waals surface area contributed by atoms with Crippen LogP contribution in [0.2, 0.25) is 0 Å². The van der Waals surface area contributed by atoms with Crippen LogP contribution in [0, 0.1) is 11.8 Å². The Morgan fingerprint density at radius 1 is 1.38 bits per heavy atom. The molecule has 2 heterocycles. The molecule has 1 saturated carbocycles. The Balaban J connectivity index is 1.88. The Bertz CT molecular complexity index is 526. The van der Waals surface area contributed by atoms with E-state index in [9.17, 15) is 0 Å². The minimum absolute atomic E-state index is 0.490. The average molecular weight is 229 g/mol. The number of hydrogen-bond donors (Lipinski definition) is 1. The van der Waals surface area contributed by atoms with E-state index < -0.39 is 0 Å². The van der Waals surface area contributed by atoms with Crippen molar-refractivity contribution < 1.29 is 0 Å². The molecular weight excluding hydrogens is 214 g/mol. The van der Waals surface area contributed by atoms with Gasteiger partial charge in [0, 0.05) is 21.5 Å². The van der Waals surface area contributed by atoms with E-state index in [1.54, 1.807) is 4.88 Å². The largest absolute Gasteiger partial charge is 0.315 e. The van der Waals surface area contributed by atoms with Gasteiger partial charge in [-0.25, -0.2) is 0 Å². The Kier molecular flexibility index (Phi) is 1.65. The van der Waals surface area contributed by atoms with Crippen molar-refractivity contribution in [2.75, 3.05) is 13.1 Å². The van der Waals surface area contributed by atoms with E-state index in [4.69, 9.17) is 0 Å². The first-order valence-corrected chi connectivity index (χ1v) is 6.84. The van der Waals surface area contributed by atoms with Gasteiger partial charge in [-0.05, 0) is 35.9 Å². The topological polar surface area (TPSA) is 12.0 Å². The Labute approximate surface area is 99.5 Å². The first kappa shape index (κ1) is 9.20. The van der Waals surface area contributed by atoms with Gasteiger partial charge in [-0.1, -0.05) is 25.1 Å². The van der Waals surface area contributed by atoms with Crippen LogP contribution < -0.4 is 5.32 Å². The van der Waals surface area contributed by atoms with Gasteiger partial charge in [-0.3, -0.25) is 0 Å². The molecule has 0 amide bonds. The van der Waals surface area contributed by atoms with E-state index in [-0.39, 0.29) is 0 Å². The standard InChI is InChI=1S/C14H15NS/c1-9-11-7-15-8-14(9,11)13-6-10-4-2-3-5-12(10)16-13/h2-6,9,11,15H,7-8H2,1H3/t9-,11+,14+/m1/s1. The maximum absolute atomic E-state index is 3.54. The van der Waals surface area contributed by atoms with Crippen LogP contribution in [-0.2, 0) is 5.41 Å². The lowest BCUT2D eigenvalue weighted by atomic mass is 10.0. The summed E-state index contributed by atoms with van der Waals surface area (Å²) < 4.78 is 1.44. The third-order valence-electron chi connectivity index (χ3n) is 4.63. The second-order valence-electron chi connectivity index (χ2n) is 5.21. The molecule has 3 atom stereocenters. The lowest BCUT2D eigenvalue weighted by molar-refractivity contribution is 0.597. The summed E-state index contributed by atoms with van der Waals surface area (Å²) in [6.45, 7) is 4.82. The predicted octanol–water partition coefficient (Wildman–Crippen LogP) is 3.01. The molecule has 0 bridgehead atoms. The maximum Gasteiger partial charge on any atom is 0.0345 e. The van der Waals surface area contributed by atoms with Gasteiger partial charge in [0.2, 0.25) is 0 Å². The van der Waals surface area contributed by atoms with Crippen LogP contribution in [0.1, 0.15) is 11.8 Å². The number of benzene rings is 1. The molecule has 82 valence electrons. The highest BCUT2D eigenvalue weighted by atomic mass is 32.1. The van der Waals surface area contributed by atoms with E-state index >= 15 is 0 Å². The lowest BCUT2D eigenvalue weighted by Gasteiger charge is -2.10. The summed E-state index contributed by atoms with van der Waals surface area (Å²) in [5.41, 5.74) is 0.490. The van der Waals surface area contributed by atoms with Crippen LogP contribution in [0.4, 0.5) is 0 Å². The zero-order valence-corrected chi connectivity index (χ0v) is 10.2. The number of rotatable bonds is 1. The molecule has 1 N–H and O–H groups in total. The number of fused-ring (bicyclic) bond motifs is 2. The zero-order chi connectivity index (χ0) is 10.8. The zero-order valence-electron chi connectivity index (χ0n) is 9.36. The number of hydrogen-bond acceptors (Lipinski definition) is 2. The van der Waals surface area contributed by atoms with Crippen LogP contribution in [-0.4, -0.2) is 13.1 Å². The van der Waals surface area contributed by atoms with Crippen molar-refractivity contribution in [3.05, 3.63) is 35.2 Å². The third kappa shape index (κ3) is 0.950. The molecule has 2 fully saturated rings. The smallest absolute Gasteiger partial charge is 0.0345 e. The van der Waals surface area contributed by atoms with E-state index in [0.717, 1.165) is 11.8 Å². The molecule has 0 spiro atoms. The Hall–Kier alpha value is -0.860. The van der Waals surface area contributed by atoms with Crippen molar-refractivity contribution in [1.82, 2.24) is 5.32 Å². The second-order valence-corrected chi connectivity index (χ2v) is 6.30. The number of nitrogens with one attached hydrogen (secondary N) is 1. The highest BCUT2D eigenvalue weighted by molar-refractivity contribution is 7.19. The summed E-state index contributed by atoms with van der Waals surface area (Å²) >= 11 is 2.00. The summed E-state index contributed by atoms with van der Waals surface area (Å²) in [7, 11) is 0. The molecule has 1 saturated heterocycles. The van der Waals surface area contributed by atoms with Gasteiger partial charge in [0.15, 0.2) is 0 Å². The molecule has 16 heavy (non-hydrogen) atoms. The normalized spacial score (nSPS) is 36.6. The van der Waals surface area contributed by atoms with Crippen molar-refractivity contribution in [1.29, 1.82) is 0 Å². The van der Waals surface area contributed by atoms with Gasteiger partial charge >= 0.3 is 0 Å². The van der Waals surface area contributed by atoms with Crippen molar-refractivity contribution in [3.63, 3.8) is 0 Å². The van der Waals surface area contributed by atoms with Gasteiger partial charge in [-0.2, -0.15) is 0 Å². The molecule has 1 aliphatic carbocycles. The summed E-state index contributed by atoms with van der Waals surface area (Å²) in [5, 5.41) is 4.96. The first-order chi connectivity index (χ1) is 7.82. The fraction of sp³-hybridized carbons (Fsp3) is 0.429. The van der Waals surface area contributed by atoms with Crippen LogP contribution in [0.5, 0.6) is 0 Å². The average Bonchev–Trinajstić information content (AvgIpc) is 2.78. The summed E-state index contributed by atoms with van der Waals surface area (Å²) in [6, 6.07) is 11.2. The van der Waals surface area contributed by atoms with Crippen molar-refractivity contribution in [2.24, 2.45) is 11.8 Å². The van der Waals surface area contributed by atoms with Crippen molar-refractivity contribution in [3.8, 4) is 0 Å². The third-order valence-corrected chi connectivity index (χ3v) is 5.94. The van der Waals surface area contributed by atoms with Crippen LogP contribution in [0.15, 0.2) is 30.3 Å². The van der Waals surface area contributed by atoms with Gasteiger partial charge in [-0.15, -0.1) is 11.3 Å². The van der Waals surface area contributed by atoms with E-state index in [1.165, 1.54) is 23.2 Å². The van der Waals surface area contributed by atoms with Crippen molar-refractivity contribution >= 4 is 21.4 Å². The Morgan fingerprint density at radius 2 is 2.25 bits per heavy atom. The maximum atomic E-state index is 3.54.